The van der Waals surface area contributed by atoms with E-state index in [0.717, 1.165) is 24.3 Å². The lowest BCUT2D eigenvalue weighted by Gasteiger charge is -2.04. The third-order valence-electron chi connectivity index (χ3n) is 2.32. The highest BCUT2D eigenvalue weighted by Crippen LogP contribution is 2.28. The van der Waals surface area contributed by atoms with Gasteiger partial charge in [0.1, 0.15) is 23.1 Å². The normalized spacial score (nSPS) is 10.2. The molecule has 20 heavy (non-hydrogen) atoms. The van der Waals surface area contributed by atoms with Crippen LogP contribution in [0, 0.1) is 26.0 Å². The monoisotopic (exact) mass is 282 g/mol. The fourth-order valence-electron chi connectivity index (χ4n) is 1.45. The Morgan fingerprint density at radius 2 is 1.90 bits per heavy atom. The Morgan fingerprint density at radius 1 is 1.15 bits per heavy atom. The molecule has 8 nitrogen and oxygen atoms in total. The van der Waals surface area contributed by atoms with Crippen molar-refractivity contribution < 1.29 is 23.4 Å². The molecule has 1 aromatic heterocycles. The zero-order valence-corrected chi connectivity index (χ0v) is 9.82. The van der Waals surface area contributed by atoms with Gasteiger partial charge in [0.25, 0.3) is 0 Å². The molecule has 0 fully saturated rings. The van der Waals surface area contributed by atoms with E-state index in [1.54, 1.807) is 0 Å². The number of benzene rings is 1. The van der Waals surface area contributed by atoms with E-state index < -0.39 is 27.2 Å². The van der Waals surface area contributed by atoms with E-state index in [0.29, 0.717) is 0 Å². The summed E-state index contributed by atoms with van der Waals surface area (Å²) in [6.45, 7) is -0.294. The number of halogens is 1. The van der Waals surface area contributed by atoms with Crippen molar-refractivity contribution in [2.75, 3.05) is 0 Å². The van der Waals surface area contributed by atoms with Crippen molar-refractivity contribution in [3.8, 4) is 5.75 Å². The molecule has 2 aromatic rings. The van der Waals surface area contributed by atoms with Gasteiger partial charge in [-0.3, -0.25) is 20.2 Å². The van der Waals surface area contributed by atoms with Crippen molar-refractivity contribution in [1.29, 1.82) is 0 Å². The lowest BCUT2D eigenvalue weighted by molar-refractivity contribution is -0.402. The minimum absolute atomic E-state index is 0.0928. The van der Waals surface area contributed by atoms with Gasteiger partial charge in [-0.05, 0) is 12.1 Å². The Balaban J connectivity index is 2.15. The van der Waals surface area contributed by atoms with Gasteiger partial charge in [-0.15, -0.1) is 0 Å². The number of nitrogens with zero attached hydrogens (tertiary/aromatic N) is 2. The molecule has 1 heterocycles. The maximum absolute atomic E-state index is 13.0. The van der Waals surface area contributed by atoms with Crippen molar-refractivity contribution in [3.63, 3.8) is 0 Å². The third-order valence-corrected chi connectivity index (χ3v) is 2.32. The molecule has 9 heteroatoms. The molecule has 0 aliphatic carbocycles. The molecule has 0 saturated carbocycles. The van der Waals surface area contributed by atoms with Crippen LogP contribution in [0.3, 0.4) is 0 Å². The molecule has 2 rings (SSSR count). The van der Waals surface area contributed by atoms with Crippen LogP contribution in [0.4, 0.5) is 16.0 Å². The highest BCUT2D eigenvalue weighted by Gasteiger charge is 2.17. The molecular formula is C11H7FN2O6. The van der Waals surface area contributed by atoms with Crippen molar-refractivity contribution in [2.45, 2.75) is 6.61 Å². The van der Waals surface area contributed by atoms with E-state index in [1.807, 2.05) is 0 Å². The molecule has 0 unspecified atom stereocenters. The van der Waals surface area contributed by atoms with Gasteiger partial charge in [0.05, 0.1) is 11.0 Å². The molecule has 0 spiro atoms. The smallest absolute Gasteiger partial charge is 0.433 e. The summed E-state index contributed by atoms with van der Waals surface area (Å²) in [5.74, 6) is -1.36. The van der Waals surface area contributed by atoms with Crippen LogP contribution in [0.25, 0.3) is 0 Å². The van der Waals surface area contributed by atoms with Crippen LogP contribution in [0.1, 0.15) is 5.76 Å². The van der Waals surface area contributed by atoms with E-state index in [-0.39, 0.29) is 18.1 Å². The molecule has 0 radical (unpaired) electrons. The molecule has 1 aromatic carbocycles. The number of rotatable bonds is 5. The molecule has 0 saturated heterocycles. The fraction of sp³-hybridized carbons (Fsp3) is 0.0909. The van der Waals surface area contributed by atoms with Gasteiger partial charge in [0.2, 0.25) is 0 Å². The summed E-state index contributed by atoms with van der Waals surface area (Å²) in [7, 11) is 0. The van der Waals surface area contributed by atoms with Crippen LogP contribution >= 0.6 is 0 Å². The number of nitro benzene ring substituents is 1. The number of nitro groups is 2. The quantitative estimate of drug-likeness (QED) is 0.616. The maximum atomic E-state index is 13.0. The van der Waals surface area contributed by atoms with Crippen LogP contribution in [0.2, 0.25) is 0 Å². The minimum atomic E-state index is -0.728. The molecule has 0 amide bonds. The first-order chi connectivity index (χ1) is 9.47. The summed E-state index contributed by atoms with van der Waals surface area (Å²) in [4.78, 5) is 19.7. The Kier molecular flexibility index (Phi) is 3.60. The van der Waals surface area contributed by atoms with Crippen molar-refractivity contribution in [1.82, 2.24) is 0 Å². The molecular weight excluding hydrogens is 275 g/mol. The average Bonchev–Trinajstić information content (AvgIpc) is 2.85. The SMILES string of the molecule is O=[N+]([O-])c1ccc(COc2cc(F)ccc2[N+](=O)[O-])o1. The second-order valence-electron chi connectivity index (χ2n) is 3.65. The maximum Gasteiger partial charge on any atom is 0.433 e. The van der Waals surface area contributed by atoms with Crippen molar-refractivity contribution >= 4 is 11.6 Å². The van der Waals surface area contributed by atoms with Gasteiger partial charge in [0, 0.05) is 12.1 Å². The van der Waals surface area contributed by atoms with Crippen LogP contribution < -0.4 is 4.74 Å². The number of hydrogen-bond donors (Lipinski definition) is 0. The highest BCUT2D eigenvalue weighted by molar-refractivity contribution is 5.46. The van der Waals surface area contributed by atoms with Crippen LogP contribution in [0.15, 0.2) is 34.7 Å². The van der Waals surface area contributed by atoms with E-state index in [9.17, 15) is 24.6 Å². The number of furan rings is 1. The van der Waals surface area contributed by atoms with E-state index >= 15 is 0 Å². The highest BCUT2D eigenvalue weighted by atomic mass is 19.1. The number of hydrogen-bond acceptors (Lipinski definition) is 6. The summed E-state index contributed by atoms with van der Waals surface area (Å²) in [5, 5.41) is 21.1. The van der Waals surface area contributed by atoms with Gasteiger partial charge >= 0.3 is 11.6 Å². The molecule has 104 valence electrons. The zero-order chi connectivity index (χ0) is 14.7. The third kappa shape index (κ3) is 2.88. The topological polar surface area (TPSA) is 109 Å². The summed E-state index contributed by atoms with van der Waals surface area (Å²) in [6, 6.07) is 5.18. The van der Waals surface area contributed by atoms with Gasteiger partial charge in [-0.2, -0.15) is 0 Å². The van der Waals surface area contributed by atoms with Crippen LogP contribution in [-0.2, 0) is 6.61 Å². The summed E-state index contributed by atoms with van der Waals surface area (Å²) < 4.78 is 22.9. The standard InChI is InChI=1S/C11H7FN2O6/c12-7-1-3-9(13(15)16)10(5-7)19-6-8-2-4-11(20-8)14(17)18/h1-5H,6H2. The Bertz CT molecular complexity index is 669. The second-order valence-corrected chi connectivity index (χ2v) is 3.65. The fourth-order valence-corrected chi connectivity index (χ4v) is 1.45. The zero-order valence-electron chi connectivity index (χ0n) is 9.82. The molecule has 0 aliphatic rings. The lowest BCUT2D eigenvalue weighted by Crippen LogP contribution is -1.99. The van der Waals surface area contributed by atoms with Crippen LogP contribution in [0.5, 0.6) is 5.75 Å². The second kappa shape index (κ2) is 5.34. The van der Waals surface area contributed by atoms with Gasteiger partial charge in [0.15, 0.2) is 5.75 Å². The van der Waals surface area contributed by atoms with Crippen LogP contribution in [-0.4, -0.2) is 9.85 Å². The van der Waals surface area contributed by atoms with Crippen molar-refractivity contribution in [2.24, 2.45) is 0 Å². The first-order valence-electron chi connectivity index (χ1n) is 5.27. The summed E-state index contributed by atoms with van der Waals surface area (Å²) in [5.41, 5.74) is -0.410. The van der Waals surface area contributed by atoms with E-state index in [4.69, 9.17) is 9.15 Å². The van der Waals surface area contributed by atoms with E-state index in [1.165, 1.54) is 6.07 Å². The van der Waals surface area contributed by atoms with Gasteiger partial charge < -0.3 is 9.15 Å². The predicted molar refractivity (Wildman–Crippen MR) is 62.7 cm³/mol. The molecule has 0 atom stereocenters. The Labute approximate surface area is 110 Å². The molecule has 0 N–H and O–H groups in total. The molecule has 0 bridgehead atoms. The number of ether oxygens (including phenoxy) is 1. The largest absolute Gasteiger partial charge is 0.479 e. The Morgan fingerprint density at radius 3 is 2.50 bits per heavy atom. The minimum Gasteiger partial charge on any atom is -0.479 e. The first kappa shape index (κ1) is 13.5. The Hall–Kier alpha value is -2.97. The lowest BCUT2D eigenvalue weighted by atomic mass is 10.3. The summed E-state index contributed by atoms with van der Waals surface area (Å²) >= 11 is 0. The van der Waals surface area contributed by atoms with Gasteiger partial charge in [-0.1, -0.05) is 0 Å². The van der Waals surface area contributed by atoms with E-state index in [2.05, 4.69) is 0 Å². The molecule has 0 aliphatic heterocycles. The average molecular weight is 282 g/mol. The van der Waals surface area contributed by atoms with Gasteiger partial charge in [-0.25, -0.2) is 4.39 Å². The van der Waals surface area contributed by atoms with Crippen molar-refractivity contribution in [3.05, 3.63) is 62.1 Å². The first-order valence-corrected chi connectivity index (χ1v) is 5.27. The predicted octanol–water partition coefficient (Wildman–Crippen LogP) is 2.81. The summed E-state index contributed by atoms with van der Waals surface area (Å²) in [6.07, 6.45) is 0.